The van der Waals surface area contributed by atoms with E-state index in [0.717, 1.165) is 16.2 Å². The second kappa shape index (κ2) is 21.1. The minimum atomic E-state index is -1.87. The van der Waals surface area contributed by atoms with Gasteiger partial charge in [-0.15, -0.1) is 22.9 Å². The molecule has 344 valence electrons. The van der Waals surface area contributed by atoms with Crippen LogP contribution in [0.5, 0.6) is 11.5 Å². The summed E-state index contributed by atoms with van der Waals surface area (Å²) < 4.78 is 45.6. The molecule has 0 unspecified atom stereocenters. The maximum atomic E-state index is 14.2. The quantitative estimate of drug-likeness (QED) is 0.0465. The Kier molecular flexibility index (Phi) is 16.1. The predicted molar refractivity (Wildman–Crippen MR) is 233 cm³/mol. The van der Waals surface area contributed by atoms with Crippen molar-refractivity contribution >= 4 is 80.4 Å². The molecule has 3 aromatic rings. The molecule has 1 fully saturated rings. The van der Waals surface area contributed by atoms with E-state index in [0.29, 0.717) is 22.6 Å². The number of esters is 3. The van der Waals surface area contributed by atoms with Gasteiger partial charge in [0.2, 0.25) is 6.10 Å². The first kappa shape index (κ1) is 49.0. The number of thiazole rings is 1. The number of aromatic nitrogens is 1. The van der Waals surface area contributed by atoms with Gasteiger partial charge in [0.25, 0.3) is 11.8 Å². The number of amides is 3. The van der Waals surface area contributed by atoms with E-state index in [1.165, 1.54) is 19.6 Å². The molecular weight excluding hydrogens is 898 g/mol. The molecule has 2 aliphatic rings. The number of benzene rings is 2. The first-order chi connectivity index (χ1) is 30.2. The molecule has 0 aliphatic carbocycles. The molecular formula is C42H48ClN5O14S2. The van der Waals surface area contributed by atoms with Crippen LogP contribution in [0, 0.1) is 0 Å². The Bertz CT molecular complexity index is 2320. The highest BCUT2D eigenvalue weighted by Gasteiger charge is 2.57. The van der Waals surface area contributed by atoms with E-state index in [1.54, 1.807) is 90.1 Å². The second-order valence-corrected chi connectivity index (χ2v) is 18.7. The SMILES string of the molecule is COc1ccc(COC(=O)C2=C(CCl)C[S@@](=O)[C@@H]3[C@H](NC(=O)/C(=N/O[C@@H](CC(=O)OC(C)(C)C)C(=O)OCc4ccc(OC)cc4)c4csc(NC(=O)OC(C)(C)C)n4)C(=O)N23)cc1. The van der Waals surface area contributed by atoms with Gasteiger partial charge in [0, 0.05) is 11.3 Å². The average molecular weight is 946 g/mol. The van der Waals surface area contributed by atoms with Crippen LogP contribution in [-0.4, -0.2) is 110 Å². The molecule has 3 heterocycles. The molecule has 1 aromatic heterocycles. The summed E-state index contributed by atoms with van der Waals surface area (Å²) in [6, 6.07) is 11.9. The van der Waals surface area contributed by atoms with Crippen molar-refractivity contribution in [3.63, 3.8) is 0 Å². The van der Waals surface area contributed by atoms with E-state index in [1.807, 2.05) is 0 Å². The Morgan fingerprint density at radius 1 is 0.906 bits per heavy atom. The third kappa shape index (κ3) is 13.0. The van der Waals surface area contributed by atoms with Crippen molar-refractivity contribution in [2.45, 2.75) is 89.9 Å². The molecule has 0 spiro atoms. The molecule has 0 saturated carbocycles. The molecule has 5 rings (SSSR count). The van der Waals surface area contributed by atoms with Gasteiger partial charge in [-0.25, -0.2) is 19.4 Å². The van der Waals surface area contributed by atoms with Gasteiger partial charge in [-0.3, -0.25) is 28.8 Å². The van der Waals surface area contributed by atoms with Crippen LogP contribution < -0.4 is 20.1 Å². The summed E-state index contributed by atoms with van der Waals surface area (Å²) in [5, 5.41) is 8.96. The first-order valence-corrected chi connectivity index (χ1v) is 22.3. The van der Waals surface area contributed by atoms with Gasteiger partial charge in [0.15, 0.2) is 10.8 Å². The number of fused-ring (bicyclic) bond motifs is 1. The molecule has 2 aromatic carbocycles. The van der Waals surface area contributed by atoms with Crippen molar-refractivity contribution in [1.29, 1.82) is 0 Å². The molecule has 22 heteroatoms. The number of carbonyl (C=O) groups excluding carboxylic acids is 6. The Balaban J connectivity index is 1.41. The summed E-state index contributed by atoms with van der Waals surface area (Å²) in [6.45, 7) is 9.43. The Morgan fingerprint density at radius 3 is 2.03 bits per heavy atom. The van der Waals surface area contributed by atoms with E-state index < -0.39 is 87.5 Å². The molecule has 2 N–H and O–H groups in total. The molecule has 4 atom stereocenters. The number of oxime groups is 1. The smallest absolute Gasteiger partial charge is 0.413 e. The molecule has 3 amide bonds. The largest absolute Gasteiger partial charge is 0.497 e. The molecule has 2 aliphatic heterocycles. The van der Waals surface area contributed by atoms with E-state index in [-0.39, 0.29) is 46.9 Å². The van der Waals surface area contributed by atoms with Gasteiger partial charge < -0.3 is 38.6 Å². The van der Waals surface area contributed by atoms with Crippen LogP contribution in [0.3, 0.4) is 0 Å². The molecule has 64 heavy (non-hydrogen) atoms. The van der Waals surface area contributed by atoms with Gasteiger partial charge >= 0.3 is 24.0 Å². The highest BCUT2D eigenvalue weighted by Crippen LogP contribution is 2.36. The number of alkyl halides is 1. The lowest BCUT2D eigenvalue weighted by Gasteiger charge is -2.49. The number of nitrogens with zero attached hydrogens (tertiary/aromatic N) is 3. The van der Waals surface area contributed by atoms with Crippen molar-refractivity contribution in [2.24, 2.45) is 5.16 Å². The first-order valence-electron chi connectivity index (χ1n) is 19.5. The number of carbonyl (C=O) groups is 6. The summed E-state index contributed by atoms with van der Waals surface area (Å²) in [5.41, 5.74) is -1.45. The summed E-state index contributed by atoms with van der Waals surface area (Å²) in [4.78, 5) is 91.4. The normalized spacial score (nSPS) is 17.8. The number of hydrogen-bond acceptors (Lipinski definition) is 17. The van der Waals surface area contributed by atoms with Crippen molar-refractivity contribution in [1.82, 2.24) is 15.2 Å². The fourth-order valence-electron chi connectivity index (χ4n) is 5.91. The summed E-state index contributed by atoms with van der Waals surface area (Å²) >= 11 is 7.03. The lowest BCUT2D eigenvalue weighted by molar-refractivity contribution is -0.169. The zero-order chi connectivity index (χ0) is 46.9. The number of methoxy groups -OCH3 is 2. The predicted octanol–water partition coefficient (Wildman–Crippen LogP) is 4.72. The Labute approximate surface area is 380 Å². The third-order valence-electron chi connectivity index (χ3n) is 8.79. The van der Waals surface area contributed by atoms with E-state index in [2.05, 4.69) is 20.8 Å². The standard InChI is InChI=1S/C42H48ClN5O14S2/c1-41(2,3)60-30(49)17-29(37(52)58-19-23-9-13-26(56-7)14-10-23)62-47-31(28-21-63-39(44-28)46-40(54)61-42(4,5)6)34(50)45-32-35(51)48-33(25(18-43)22-64(55)36(32)48)38(53)59-20-24-11-15-27(57-8)16-12-24/h9-16,21,29,32,36H,17-20,22H2,1-8H3,(H,45,50)(H,44,46,54)/b47-31+/t29-,32+,36+,64+/m0/s1. The third-order valence-corrected chi connectivity index (χ3v) is 11.5. The topological polar surface area (TPSA) is 237 Å². The van der Waals surface area contributed by atoms with Gasteiger partial charge in [0.05, 0.1) is 37.2 Å². The van der Waals surface area contributed by atoms with Crippen molar-refractivity contribution in [3.8, 4) is 11.5 Å². The number of ether oxygens (including phenoxy) is 6. The van der Waals surface area contributed by atoms with Gasteiger partial charge in [-0.1, -0.05) is 29.4 Å². The fourth-order valence-corrected chi connectivity index (χ4v) is 8.61. The van der Waals surface area contributed by atoms with Crippen LogP contribution in [0.4, 0.5) is 9.93 Å². The van der Waals surface area contributed by atoms with Gasteiger partial charge in [-0.2, -0.15) is 0 Å². The van der Waals surface area contributed by atoms with Crippen LogP contribution in [-0.2, 0) is 71.8 Å². The molecule has 0 bridgehead atoms. The lowest BCUT2D eigenvalue weighted by Crippen LogP contribution is -2.74. The zero-order valence-electron chi connectivity index (χ0n) is 36.2. The van der Waals surface area contributed by atoms with Crippen LogP contribution in [0.2, 0.25) is 0 Å². The fraction of sp³-hybridized carbons (Fsp3) is 0.429. The minimum absolute atomic E-state index is 0.0372. The van der Waals surface area contributed by atoms with Crippen LogP contribution in [0.25, 0.3) is 0 Å². The van der Waals surface area contributed by atoms with Crippen molar-refractivity contribution in [3.05, 3.63) is 82.0 Å². The molecule has 1 saturated heterocycles. The number of anilines is 1. The maximum absolute atomic E-state index is 14.2. The van der Waals surface area contributed by atoms with Crippen LogP contribution in [0.15, 0.2) is 70.3 Å². The Hall–Kier alpha value is -6.06. The summed E-state index contributed by atoms with van der Waals surface area (Å²) in [7, 11) is 1.14. The van der Waals surface area contributed by atoms with Crippen molar-refractivity contribution in [2.75, 3.05) is 31.2 Å². The molecule has 19 nitrogen and oxygen atoms in total. The number of nitrogens with one attached hydrogen (secondary N) is 2. The minimum Gasteiger partial charge on any atom is -0.497 e. The zero-order valence-corrected chi connectivity index (χ0v) is 38.6. The Morgan fingerprint density at radius 2 is 1.48 bits per heavy atom. The van der Waals surface area contributed by atoms with Crippen LogP contribution >= 0.6 is 22.9 Å². The van der Waals surface area contributed by atoms with Crippen LogP contribution in [0.1, 0.15) is 64.8 Å². The number of hydrogen-bond donors (Lipinski definition) is 2. The lowest BCUT2D eigenvalue weighted by atomic mass is 10.0. The molecule has 0 radical (unpaired) electrons. The highest BCUT2D eigenvalue weighted by atomic mass is 35.5. The van der Waals surface area contributed by atoms with E-state index >= 15 is 0 Å². The number of halogens is 1. The highest BCUT2D eigenvalue weighted by molar-refractivity contribution is 7.86. The van der Waals surface area contributed by atoms with Gasteiger partial charge in [0.1, 0.15) is 58.7 Å². The monoisotopic (exact) mass is 945 g/mol. The summed E-state index contributed by atoms with van der Waals surface area (Å²) in [5.74, 6) is -4.02. The average Bonchev–Trinajstić information content (AvgIpc) is 3.69. The number of β-lactam (4-membered cyclic amide) rings is 1. The number of rotatable bonds is 17. The van der Waals surface area contributed by atoms with E-state index in [9.17, 15) is 33.0 Å². The second-order valence-electron chi connectivity index (χ2n) is 16.0. The van der Waals surface area contributed by atoms with Gasteiger partial charge in [-0.05, 0) is 82.5 Å². The maximum Gasteiger partial charge on any atom is 0.413 e. The van der Waals surface area contributed by atoms with Crippen molar-refractivity contribution < 1.29 is 66.2 Å². The van der Waals surface area contributed by atoms with E-state index in [4.69, 9.17) is 44.9 Å². The summed E-state index contributed by atoms with van der Waals surface area (Å²) in [6.07, 6.45) is -3.33.